The zero-order valence-electron chi connectivity index (χ0n) is 24.2. The Morgan fingerprint density at radius 3 is 1.23 bits per heavy atom. The van der Waals surface area contributed by atoms with Crippen LogP contribution in [0.1, 0.15) is 75.6 Å². The van der Waals surface area contributed by atoms with Crippen molar-refractivity contribution in [3.8, 4) is 22.3 Å². The van der Waals surface area contributed by atoms with Crippen LogP contribution in [0.2, 0.25) is 0 Å². The van der Waals surface area contributed by atoms with Crippen LogP contribution in [0.4, 0.5) is 0 Å². The molecule has 0 aliphatic heterocycles. The molecular weight excluding hydrogens is 468 g/mol. The first-order valence-corrected chi connectivity index (χ1v) is 14.6. The van der Waals surface area contributed by atoms with Gasteiger partial charge in [0.15, 0.2) is 0 Å². The second-order valence-electron chi connectivity index (χ2n) is 12.6. The molecule has 0 amide bonds. The van der Waals surface area contributed by atoms with Gasteiger partial charge >= 0.3 is 0 Å². The van der Waals surface area contributed by atoms with Crippen LogP contribution in [-0.2, 0) is 0 Å². The van der Waals surface area contributed by atoms with Crippen LogP contribution in [-0.4, -0.2) is 0 Å². The lowest BCUT2D eigenvalue weighted by Crippen LogP contribution is -2.32. The molecule has 4 aromatic rings. The van der Waals surface area contributed by atoms with E-state index in [9.17, 15) is 0 Å². The summed E-state index contributed by atoms with van der Waals surface area (Å²) in [6.07, 6.45) is 5.06. The minimum Gasteiger partial charge on any atom is -0.0622 e. The number of allylic oxidation sites excluding steroid dienone is 2. The molecule has 0 N–H and O–H groups in total. The molecule has 4 aromatic carbocycles. The third-order valence-electron chi connectivity index (χ3n) is 9.18. The maximum Gasteiger partial charge on any atom is 0.0120 e. The minimum atomic E-state index is -0.00662. The molecule has 0 radical (unpaired) electrons. The Morgan fingerprint density at radius 1 is 0.487 bits per heavy atom. The lowest BCUT2D eigenvalue weighted by molar-refractivity contribution is 0.258. The molecule has 0 fully saturated rings. The quantitative estimate of drug-likeness (QED) is 0.243. The zero-order chi connectivity index (χ0) is 27.3. The molecule has 0 bridgehead atoms. The summed E-state index contributed by atoms with van der Waals surface area (Å²) in [4.78, 5) is 0. The summed E-state index contributed by atoms with van der Waals surface area (Å²) in [6, 6.07) is 35.7. The van der Waals surface area contributed by atoms with Gasteiger partial charge in [0, 0.05) is 11.8 Å². The van der Waals surface area contributed by atoms with Crippen molar-refractivity contribution >= 4 is 12.2 Å². The summed E-state index contributed by atoms with van der Waals surface area (Å²) in [7, 11) is 0. The molecule has 0 heteroatoms. The van der Waals surface area contributed by atoms with Gasteiger partial charge in [-0.1, -0.05) is 162 Å². The normalized spacial score (nSPS) is 18.3. The van der Waals surface area contributed by atoms with E-state index in [0.717, 1.165) is 0 Å². The predicted molar refractivity (Wildman–Crippen MR) is 169 cm³/mol. The standard InChI is InChI=1S/C39H40/c1-25(2)33-23-35-29(27-15-9-7-10-16-27)19-13-21-31(35)37(33)39(5,6)38-32-22-14-20-30(28-17-11-8-12-18-28)36(32)24-34(38)26(3)4/h7-26,37-38H,1-6H3. The van der Waals surface area contributed by atoms with Gasteiger partial charge in [0.25, 0.3) is 0 Å². The van der Waals surface area contributed by atoms with E-state index < -0.39 is 0 Å². The summed E-state index contributed by atoms with van der Waals surface area (Å²) in [5.74, 6) is 1.67. The lowest BCUT2D eigenvalue weighted by atomic mass is 9.60. The summed E-state index contributed by atoms with van der Waals surface area (Å²) >= 11 is 0. The van der Waals surface area contributed by atoms with Gasteiger partial charge in [-0.25, -0.2) is 0 Å². The van der Waals surface area contributed by atoms with E-state index in [0.29, 0.717) is 23.7 Å². The van der Waals surface area contributed by atoms with Gasteiger partial charge in [0.2, 0.25) is 0 Å². The summed E-state index contributed by atoms with van der Waals surface area (Å²) in [5, 5.41) is 0. The van der Waals surface area contributed by atoms with Crippen LogP contribution in [0, 0.1) is 17.3 Å². The number of hydrogen-bond donors (Lipinski definition) is 0. The Morgan fingerprint density at radius 2 is 0.872 bits per heavy atom. The molecule has 0 saturated carbocycles. The summed E-state index contributed by atoms with van der Waals surface area (Å²) < 4.78 is 0. The van der Waals surface area contributed by atoms with Crippen molar-refractivity contribution in [2.75, 3.05) is 0 Å². The second kappa shape index (κ2) is 9.83. The largest absolute Gasteiger partial charge is 0.0622 e. The van der Waals surface area contributed by atoms with Gasteiger partial charge in [-0.15, -0.1) is 0 Å². The minimum absolute atomic E-state index is 0.00662. The number of fused-ring (bicyclic) bond motifs is 2. The van der Waals surface area contributed by atoms with E-state index in [1.165, 1.54) is 44.5 Å². The first-order valence-electron chi connectivity index (χ1n) is 14.6. The molecule has 39 heavy (non-hydrogen) atoms. The first kappa shape index (κ1) is 25.6. The molecule has 2 aliphatic rings. The molecule has 0 nitrogen and oxygen atoms in total. The average molecular weight is 509 g/mol. The average Bonchev–Trinajstić information content (AvgIpc) is 3.54. The van der Waals surface area contributed by atoms with Gasteiger partial charge in [0.05, 0.1) is 0 Å². The Bertz CT molecular complexity index is 1440. The molecule has 0 aromatic heterocycles. The fourth-order valence-corrected chi connectivity index (χ4v) is 7.42. The number of benzene rings is 4. The van der Waals surface area contributed by atoms with Crippen molar-refractivity contribution in [1.82, 2.24) is 0 Å². The molecule has 196 valence electrons. The zero-order valence-corrected chi connectivity index (χ0v) is 24.2. The SMILES string of the molecule is CC(C)C1=Cc2c(-c3ccccc3)cccc2C1C(C)(C)C1C(C(C)C)=Cc2c(-c3ccccc3)cccc21. The van der Waals surface area contributed by atoms with E-state index in [-0.39, 0.29) is 5.41 Å². The highest BCUT2D eigenvalue weighted by molar-refractivity contribution is 5.84. The van der Waals surface area contributed by atoms with Gasteiger partial charge in [-0.05, 0) is 61.8 Å². The molecule has 2 atom stereocenters. The maximum atomic E-state index is 2.53. The number of hydrogen-bond acceptors (Lipinski definition) is 0. The Kier molecular flexibility index (Phi) is 6.46. The molecule has 0 heterocycles. The van der Waals surface area contributed by atoms with Crippen molar-refractivity contribution < 1.29 is 0 Å². The van der Waals surface area contributed by atoms with E-state index in [1.807, 2.05) is 0 Å². The van der Waals surface area contributed by atoms with Crippen molar-refractivity contribution in [2.45, 2.75) is 53.4 Å². The van der Waals surface area contributed by atoms with Crippen molar-refractivity contribution in [2.24, 2.45) is 17.3 Å². The van der Waals surface area contributed by atoms with Gasteiger partial charge in [0.1, 0.15) is 0 Å². The van der Waals surface area contributed by atoms with Gasteiger partial charge in [-0.2, -0.15) is 0 Å². The predicted octanol–water partition coefficient (Wildman–Crippen LogP) is 11.0. The molecule has 0 spiro atoms. The number of rotatable bonds is 6. The fraction of sp³-hybridized carbons (Fsp3) is 0.282. The molecular formula is C39H40. The third-order valence-corrected chi connectivity index (χ3v) is 9.18. The summed E-state index contributed by atoms with van der Waals surface area (Å²) in [5.41, 5.74) is 14.2. The van der Waals surface area contributed by atoms with E-state index >= 15 is 0 Å². The Balaban J connectivity index is 1.53. The van der Waals surface area contributed by atoms with Gasteiger partial charge < -0.3 is 0 Å². The maximum absolute atomic E-state index is 2.53. The van der Waals surface area contributed by atoms with E-state index in [2.05, 4.69) is 151 Å². The highest BCUT2D eigenvalue weighted by Crippen LogP contribution is 2.61. The van der Waals surface area contributed by atoms with Crippen LogP contribution in [0.25, 0.3) is 34.4 Å². The summed E-state index contributed by atoms with van der Waals surface area (Å²) in [6.45, 7) is 14.6. The van der Waals surface area contributed by atoms with Crippen LogP contribution >= 0.6 is 0 Å². The third kappa shape index (κ3) is 4.22. The van der Waals surface area contributed by atoms with Crippen LogP contribution < -0.4 is 0 Å². The molecule has 2 aliphatic carbocycles. The van der Waals surface area contributed by atoms with Crippen molar-refractivity contribution in [3.63, 3.8) is 0 Å². The van der Waals surface area contributed by atoms with Crippen molar-refractivity contribution in [1.29, 1.82) is 0 Å². The van der Waals surface area contributed by atoms with Crippen molar-refractivity contribution in [3.05, 3.63) is 130 Å². The second-order valence-corrected chi connectivity index (χ2v) is 12.6. The smallest absolute Gasteiger partial charge is 0.0120 e. The van der Waals surface area contributed by atoms with Crippen LogP contribution in [0.3, 0.4) is 0 Å². The van der Waals surface area contributed by atoms with E-state index in [4.69, 9.17) is 0 Å². The highest BCUT2D eigenvalue weighted by atomic mass is 14.5. The Labute approximate surface area is 235 Å². The monoisotopic (exact) mass is 508 g/mol. The fourth-order valence-electron chi connectivity index (χ4n) is 7.42. The highest BCUT2D eigenvalue weighted by Gasteiger charge is 2.48. The topological polar surface area (TPSA) is 0 Å². The van der Waals surface area contributed by atoms with Crippen LogP contribution in [0.5, 0.6) is 0 Å². The Hall–Kier alpha value is -3.64. The van der Waals surface area contributed by atoms with E-state index in [1.54, 1.807) is 11.1 Å². The van der Waals surface area contributed by atoms with Crippen LogP contribution in [0.15, 0.2) is 108 Å². The lowest BCUT2D eigenvalue weighted by Gasteiger charge is -2.43. The molecule has 6 rings (SSSR count). The first-order chi connectivity index (χ1) is 18.8. The van der Waals surface area contributed by atoms with Gasteiger partial charge in [-0.3, -0.25) is 0 Å². The molecule has 0 saturated heterocycles. The molecule has 2 unspecified atom stereocenters.